The van der Waals surface area contributed by atoms with E-state index in [1.807, 2.05) is 6.92 Å². The lowest BCUT2D eigenvalue weighted by atomic mass is 9.95. The second kappa shape index (κ2) is 5.98. The quantitative estimate of drug-likeness (QED) is 0.731. The van der Waals surface area contributed by atoms with Crippen molar-refractivity contribution in [1.82, 2.24) is 5.32 Å². The van der Waals surface area contributed by atoms with Crippen LogP contribution in [0.4, 0.5) is 0 Å². The molecule has 0 bridgehead atoms. The Labute approximate surface area is 128 Å². The molecule has 2 rings (SSSR count). The zero-order chi connectivity index (χ0) is 14.3. The molecule has 0 spiro atoms. The van der Waals surface area contributed by atoms with Crippen molar-refractivity contribution < 1.29 is 13.2 Å². The predicted molar refractivity (Wildman–Crippen MR) is 80.6 cm³/mol. The smallest absolute Gasteiger partial charge is 0.252 e. The molecule has 1 unspecified atom stereocenters. The highest BCUT2D eigenvalue weighted by molar-refractivity contribution is 7.91. The molecule has 0 saturated heterocycles. The third kappa shape index (κ3) is 3.70. The van der Waals surface area contributed by atoms with Gasteiger partial charge in [0.05, 0.1) is 11.1 Å². The van der Waals surface area contributed by atoms with Crippen LogP contribution in [0.25, 0.3) is 0 Å². The van der Waals surface area contributed by atoms with Gasteiger partial charge < -0.3 is 11.1 Å². The van der Waals surface area contributed by atoms with E-state index in [4.69, 9.17) is 10.9 Å². The van der Waals surface area contributed by atoms with E-state index < -0.39 is 15.6 Å². The summed E-state index contributed by atoms with van der Waals surface area (Å²) < 4.78 is 22.3. The first-order valence-electron chi connectivity index (χ1n) is 5.90. The molecule has 20 heavy (non-hydrogen) atoms. The molecule has 5 N–H and O–H groups in total. The Morgan fingerprint density at radius 2 is 2.15 bits per heavy atom. The Bertz CT molecular complexity index is 598. The summed E-state index contributed by atoms with van der Waals surface area (Å²) in [7, 11) is -3.75. The van der Waals surface area contributed by atoms with Crippen LogP contribution in [0.2, 0.25) is 0 Å². The van der Waals surface area contributed by atoms with Gasteiger partial charge >= 0.3 is 0 Å². The number of carbonyl (C=O) groups excluding carboxylic acids is 1. The van der Waals surface area contributed by atoms with Gasteiger partial charge in [-0.1, -0.05) is 0 Å². The van der Waals surface area contributed by atoms with Gasteiger partial charge in [0.25, 0.3) is 5.91 Å². The zero-order valence-corrected chi connectivity index (χ0v) is 13.4. The summed E-state index contributed by atoms with van der Waals surface area (Å²) in [6.07, 6.45) is 2.11. The maximum atomic E-state index is 12.1. The van der Waals surface area contributed by atoms with E-state index in [-0.39, 0.29) is 22.5 Å². The van der Waals surface area contributed by atoms with Crippen LogP contribution in [0.5, 0.6) is 0 Å². The number of thiophene rings is 1. The molecule has 1 saturated carbocycles. The van der Waals surface area contributed by atoms with E-state index in [0.29, 0.717) is 18.0 Å². The number of carbonyl (C=O) groups is 1. The van der Waals surface area contributed by atoms with Crippen molar-refractivity contribution in [3.05, 3.63) is 17.0 Å². The van der Waals surface area contributed by atoms with Crippen LogP contribution in [0, 0.1) is 5.92 Å². The number of halogens is 1. The summed E-state index contributed by atoms with van der Waals surface area (Å²) in [6, 6.07) is 1.29. The van der Waals surface area contributed by atoms with Crippen molar-refractivity contribution in [3.8, 4) is 0 Å². The van der Waals surface area contributed by atoms with Crippen LogP contribution < -0.4 is 16.2 Å². The van der Waals surface area contributed by atoms with Crippen LogP contribution in [0.1, 0.15) is 30.1 Å². The largest absolute Gasteiger partial charge is 0.345 e. The number of amides is 1. The molecule has 1 aliphatic carbocycles. The van der Waals surface area contributed by atoms with E-state index in [2.05, 4.69) is 5.32 Å². The second-order valence-electron chi connectivity index (χ2n) is 5.05. The van der Waals surface area contributed by atoms with Crippen LogP contribution in [-0.2, 0) is 10.0 Å². The minimum absolute atomic E-state index is 0. The highest BCUT2D eigenvalue weighted by Gasteiger charge is 2.41. The van der Waals surface area contributed by atoms with Crippen LogP contribution in [-0.4, -0.2) is 26.4 Å². The van der Waals surface area contributed by atoms with Crippen molar-refractivity contribution in [3.63, 3.8) is 0 Å². The number of nitrogens with two attached hydrogens (primary N) is 2. The van der Waals surface area contributed by atoms with Crippen LogP contribution in [0.3, 0.4) is 0 Å². The average Bonchev–Trinajstić information content (AvgIpc) is 3.05. The molecule has 1 atom stereocenters. The Balaban J connectivity index is 0.00000200. The summed E-state index contributed by atoms with van der Waals surface area (Å²) in [5, 5.41) is 9.39. The lowest BCUT2D eigenvalue weighted by Gasteiger charge is -2.29. The molecule has 0 aliphatic heterocycles. The SMILES string of the molecule is CC(CN)(NC(=O)c1csc(S(N)(=O)=O)c1)C1CC1.Cl. The molecule has 0 aromatic carbocycles. The highest BCUT2D eigenvalue weighted by Crippen LogP contribution is 2.39. The van der Waals surface area contributed by atoms with Crippen molar-refractivity contribution in [2.75, 3.05) is 6.54 Å². The molecule has 0 radical (unpaired) electrons. The van der Waals surface area contributed by atoms with Crippen molar-refractivity contribution in [2.24, 2.45) is 16.8 Å². The van der Waals surface area contributed by atoms with E-state index >= 15 is 0 Å². The normalized spacial score (nSPS) is 17.9. The monoisotopic (exact) mass is 339 g/mol. The lowest BCUT2D eigenvalue weighted by molar-refractivity contribution is 0.0898. The van der Waals surface area contributed by atoms with Crippen molar-refractivity contribution in [2.45, 2.75) is 29.5 Å². The first-order chi connectivity index (χ1) is 8.76. The Morgan fingerprint density at radius 1 is 1.55 bits per heavy atom. The van der Waals surface area contributed by atoms with Gasteiger partial charge in [-0.25, -0.2) is 13.6 Å². The number of nitrogens with one attached hydrogen (secondary N) is 1. The summed E-state index contributed by atoms with van der Waals surface area (Å²) in [6.45, 7) is 2.27. The summed E-state index contributed by atoms with van der Waals surface area (Å²) in [5.74, 6) is 0.0868. The third-order valence-electron chi connectivity index (χ3n) is 3.42. The minimum atomic E-state index is -3.75. The molecule has 1 amide bonds. The molecule has 1 aromatic rings. The van der Waals surface area contributed by atoms with Crippen molar-refractivity contribution in [1.29, 1.82) is 0 Å². The molecule has 1 fully saturated rings. The van der Waals surface area contributed by atoms with E-state index in [1.54, 1.807) is 0 Å². The molecular weight excluding hydrogens is 322 g/mol. The molecule has 1 aromatic heterocycles. The standard InChI is InChI=1S/C11H17N3O3S2.ClH/c1-11(6-12,8-2-3-8)14-10(15)7-4-9(18-5-7)19(13,16)17;/h4-5,8H,2-3,6,12H2,1H3,(H,14,15)(H2,13,16,17);1H. The number of primary sulfonamides is 1. The van der Waals surface area contributed by atoms with Gasteiger partial charge in [0.2, 0.25) is 10.0 Å². The maximum absolute atomic E-state index is 12.1. The third-order valence-corrected chi connectivity index (χ3v) is 5.81. The molecule has 1 aliphatic rings. The van der Waals surface area contributed by atoms with Gasteiger partial charge in [-0.3, -0.25) is 4.79 Å². The van der Waals surface area contributed by atoms with E-state index in [1.165, 1.54) is 11.4 Å². The number of sulfonamides is 1. The minimum Gasteiger partial charge on any atom is -0.345 e. The van der Waals surface area contributed by atoms with Crippen LogP contribution >= 0.6 is 23.7 Å². The predicted octanol–water partition coefficient (Wildman–Crippen LogP) is 0.675. The zero-order valence-electron chi connectivity index (χ0n) is 11.0. The first kappa shape index (κ1) is 17.4. The fourth-order valence-electron chi connectivity index (χ4n) is 1.96. The number of hydrogen-bond acceptors (Lipinski definition) is 5. The van der Waals surface area contributed by atoms with Gasteiger partial charge in [0, 0.05) is 11.9 Å². The maximum Gasteiger partial charge on any atom is 0.252 e. The fraction of sp³-hybridized carbons (Fsp3) is 0.545. The van der Waals surface area contributed by atoms with Crippen LogP contribution in [0.15, 0.2) is 15.7 Å². The van der Waals surface area contributed by atoms with Gasteiger partial charge in [-0.15, -0.1) is 23.7 Å². The number of rotatable bonds is 5. The lowest BCUT2D eigenvalue weighted by Crippen LogP contribution is -2.53. The molecular formula is C11H18ClN3O3S2. The highest BCUT2D eigenvalue weighted by atomic mass is 35.5. The van der Waals surface area contributed by atoms with Gasteiger partial charge in [-0.05, 0) is 31.7 Å². The van der Waals surface area contributed by atoms with Gasteiger partial charge in [-0.2, -0.15) is 0 Å². The topological polar surface area (TPSA) is 115 Å². The van der Waals surface area contributed by atoms with Gasteiger partial charge in [0.1, 0.15) is 4.21 Å². The molecule has 114 valence electrons. The Kier molecular flexibility index (Phi) is 5.20. The van der Waals surface area contributed by atoms with Gasteiger partial charge in [0.15, 0.2) is 0 Å². The molecule has 6 nitrogen and oxygen atoms in total. The summed E-state index contributed by atoms with van der Waals surface area (Å²) >= 11 is 0.937. The fourth-order valence-corrected chi connectivity index (χ4v) is 3.54. The number of hydrogen-bond donors (Lipinski definition) is 3. The average molecular weight is 340 g/mol. The Hall–Kier alpha value is -0.670. The van der Waals surface area contributed by atoms with E-state index in [0.717, 1.165) is 24.2 Å². The Morgan fingerprint density at radius 3 is 2.55 bits per heavy atom. The first-order valence-corrected chi connectivity index (χ1v) is 8.33. The molecule has 9 heteroatoms. The summed E-state index contributed by atoms with van der Waals surface area (Å²) in [4.78, 5) is 12.1. The van der Waals surface area contributed by atoms with Crippen molar-refractivity contribution >= 4 is 39.7 Å². The second-order valence-corrected chi connectivity index (χ2v) is 7.75. The summed E-state index contributed by atoms with van der Waals surface area (Å²) in [5.41, 5.74) is 5.59. The molecule has 1 heterocycles. The van der Waals surface area contributed by atoms with E-state index in [9.17, 15) is 13.2 Å².